The van der Waals surface area contributed by atoms with Gasteiger partial charge >= 0.3 is 5.97 Å². The van der Waals surface area contributed by atoms with Crippen LogP contribution in [0.3, 0.4) is 0 Å². The first-order valence-electron chi connectivity index (χ1n) is 8.53. The fourth-order valence-corrected chi connectivity index (χ4v) is 3.57. The van der Waals surface area contributed by atoms with Gasteiger partial charge in [0.05, 0.1) is 25.2 Å². The first-order valence-corrected chi connectivity index (χ1v) is 8.53. The maximum atomic E-state index is 12.5. The molecule has 2 bridgehead atoms. The number of benzene rings is 1. The zero-order chi connectivity index (χ0) is 17.3. The van der Waals surface area contributed by atoms with E-state index in [4.69, 9.17) is 18.9 Å². The Kier molecular flexibility index (Phi) is 4.41. The van der Waals surface area contributed by atoms with Crippen LogP contribution >= 0.6 is 0 Å². The molecular weight excluding hydrogens is 324 g/mol. The SMILES string of the molecule is O=C(OCc1ccccc1)C(=O)C1CC2(C3OCCCO3)C=CC1O2. The third-order valence-corrected chi connectivity index (χ3v) is 4.84. The highest BCUT2D eigenvalue weighted by Crippen LogP contribution is 2.46. The summed E-state index contributed by atoms with van der Waals surface area (Å²) in [7, 11) is 0. The first-order chi connectivity index (χ1) is 12.2. The molecule has 2 saturated heterocycles. The van der Waals surface area contributed by atoms with Crippen molar-refractivity contribution < 1.29 is 28.5 Å². The predicted molar refractivity (Wildman–Crippen MR) is 86.4 cm³/mol. The molecule has 0 saturated carbocycles. The van der Waals surface area contributed by atoms with Crippen molar-refractivity contribution in [2.75, 3.05) is 13.2 Å². The second-order valence-corrected chi connectivity index (χ2v) is 6.56. The number of ketones is 1. The molecule has 4 rings (SSSR count). The summed E-state index contributed by atoms with van der Waals surface area (Å²) in [5, 5.41) is 0. The standard InChI is InChI=1S/C19H20O6/c20-16(17(21)24-12-13-5-2-1-3-6-13)14-11-19(8-7-15(14)25-19)18-22-9-4-10-23-18/h1-3,5-8,14-15,18H,4,9-12H2. The molecule has 0 N–H and O–H groups in total. The molecule has 1 aromatic rings. The molecule has 6 nitrogen and oxygen atoms in total. The number of rotatable bonds is 5. The van der Waals surface area contributed by atoms with Gasteiger partial charge in [-0.3, -0.25) is 4.79 Å². The molecule has 0 aromatic heterocycles. The normalized spacial score (nSPS) is 31.2. The Morgan fingerprint density at radius 2 is 1.92 bits per heavy atom. The molecule has 3 aliphatic heterocycles. The lowest BCUT2D eigenvalue weighted by atomic mass is 9.83. The van der Waals surface area contributed by atoms with Crippen molar-refractivity contribution in [1.29, 1.82) is 0 Å². The van der Waals surface area contributed by atoms with Gasteiger partial charge in [-0.05, 0) is 24.5 Å². The maximum absolute atomic E-state index is 12.5. The van der Waals surface area contributed by atoms with Crippen molar-refractivity contribution in [3.8, 4) is 0 Å². The van der Waals surface area contributed by atoms with E-state index in [0.29, 0.717) is 19.6 Å². The van der Waals surface area contributed by atoms with E-state index in [1.54, 1.807) is 0 Å². The van der Waals surface area contributed by atoms with E-state index in [0.717, 1.165) is 12.0 Å². The highest BCUT2D eigenvalue weighted by molar-refractivity contribution is 6.34. The van der Waals surface area contributed by atoms with Crippen molar-refractivity contribution in [1.82, 2.24) is 0 Å². The van der Waals surface area contributed by atoms with Crippen LogP contribution in [-0.4, -0.2) is 43.0 Å². The van der Waals surface area contributed by atoms with E-state index in [2.05, 4.69) is 0 Å². The van der Waals surface area contributed by atoms with Crippen LogP contribution in [-0.2, 0) is 35.1 Å². The van der Waals surface area contributed by atoms with Crippen LogP contribution in [0.5, 0.6) is 0 Å². The minimum atomic E-state index is -0.820. The van der Waals surface area contributed by atoms with Crippen LogP contribution in [0.15, 0.2) is 42.5 Å². The molecular formula is C19H20O6. The summed E-state index contributed by atoms with van der Waals surface area (Å²) >= 11 is 0. The molecule has 0 spiro atoms. The van der Waals surface area contributed by atoms with Crippen LogP contribution in [0, 0.1) is 5.92 Å². The quantitative estimate of drug-likeness (QED) is 0.461. The summed E-state index contributed by atoms with van der Waals surface area (Å²) in [4.78, 5) is 24.7. The lowest BCUT2D eigenvalue weighted by molar-refractivity contribution is -0.248. The molecule has 3 unspecified atom stereocenters. The van der Waals surface area contributed by atoms with Gasteiger partial charge in [-0.2, -0.15) is 0 Å². The van der Waals surface area contributed by atoms with Gasteiger partial charge in [0.15, 0.2) is 6.29 Å². The second-order valence-electron chi connectivity index (χ2n) is 6.56. The molecule has 25 heavy (non-hydrogen) atoms. The third kappa shape index (κ3) is 3.13. The van der Waals surface area contributed by atoms with Gasteiger partial charge in [-0.1, -0.05) is 36.4 Å². The van der Waals surface area contributed by atoms with Crippen LogP contribution in [0.2, 0.25) is 0 Å². The average molecular weight is 344 g/mol. The van der Waals surface area contributed by atoms with Crippen molar-refractivity contribution >= 4 is 11.8 Å². The summed E-state index contributed by atoms with van der Waals surface area (Å²) in [6, 6.07) is 9.27. The predicted octanol–water partition coefficient (Wildman–Crippen LogP) is 1.78. The highest BCUT2D eigenvalue weighted by atomic mass is 16.7. The fourth-order valence-electron chi connectivity index (χ4n) is 3.57. The van der Waals surface area contributed by atoms with Gasteiger partial charge in [-0.15, -0.1) is 0 Å². The third-order valence-electron chi connectivity index (χ3n) is 4.84. The molecule has 3 heterocycles. The molecule has 1 aromatic carbocycles. The second kappa shape index (κ2) is 6.71. The zero-order valence-electron chi connectivity index (χ0n) is 13.8. The zero-order valence-corrected chi connectivity index (χ0v) is 13.8. The fraction of sp³-hybridized carbons (Fsp3) is 0.474. The molecule has 0 aliphatic carbocycles. The Hall–Kier alpha value is -2.02. The van der Waals surface area contributed by atoms with E-state index in [1.165, 1.54) is 0 Å². The van der Waals surface area contributed by atoms with Gasteiger partial charge < -0.3 is 18.9 Å². The van der Waals surface area contributed by atoms with Crippen LogP contribution in [0.25, 0.3) is 0 Å². The van der Waals surface area contributed by atoms with Crippen LogP contribution < -0.4 is 0 Å². The number of fused-ring (bicyclic) bond motifs is 2. The summed E-state index contributed by atoms with van der Waals surface area (Å²) < 4.78 is 22.4. The first kappa shape index (κ1) is 16.4. The molecule has 6 heteroatoms. The Morgan fingerprint density at radius 3 is 2.68 bits per heavy atom. The summed E-state index contributed by atoms with van der Waals surface area (Å²) in [5.41, 5.74) is 0.0682. The van der Waals surface area contributed by atoms with Gasteiger partial charge in [0, 0.05) is 0 Å². The van der Waals surface area contributed by atoms with Gasteiger partial charge in [0.1, 0.15) is 12.2 Å². The number of hydrogen-bond acceptors (Lipinski definition) is 6. The molecule has 3 atom stereocenters. The van der Waals surface area contributed by atoms with Gasteiger partial charge in [0.25, 0.3) is 0 Å². The molecule has 132 valence electrons. The monoisotopic (exact) mass is 344 g/mol. The Labute approximate surface area is 145 Å². The minimum absolute atomic E-state index is 0.0828. The maximum Gasteiger partial charge on any atom is 0.375 e. The van der Waals surface area contributed by atoms with E-state index >= 15 is 0 Å². The smallest absolute Gasteiger partial charge is 0.375 e. The largest absolute Gasteiger partial charge is 0.455 e. The van der Waals surface area contributed by atoms with Gasteiger partial charge in [0.2, 0.25) is 5.78 Å². The van der Waals surface area contributed by atoms with E-state index < -0.39 is 35.7 Å². The Bertz CT molecular complexity index is 678. The Morgan fingerprint density at radius 1 is 1.16 bits per heavy atom. The average Bonchev–Trinajstić information content (AvgIpc) is 3.27. The van der Waals surface area contributed by atoms with Gasteiger partial charge in [-0.25, -0.2) is 4.79 Å². The number of Topliss-reactive ketones (excluding diaryl/α,β-unsaturated/α-hetero) is 1. The lowest BCUT2D eigenvalue weighted by Crippen LogP contribution is -2.46. The number of carbonyl (C=O) groups is 2. The number of ether oxygens (including phenoxy) is 4. The minimum Gasteiger partial charge on any atom is -0.455 e. The highest BCUT2D eigenvalue weighted by Gasteiger charge is 2.57. The van der Waals surface area contributed by atoms with E-state index in [-0.39, 0.29) is 6.61 Å². The molecule has 0 radical (unpaired) electrons. The lowest BCUT2D eigenvalue weighted by Gasteiger charge is -2.35. The Balaban J connectivity index is 1.38. The van der Waals surface area contributed by atoms with E-state index in [1.807, 2.05) is 42.5 Å². The van der Waals surface area contributed by atoms with Crippen molar-refractivity contribution in [3.63, 3.8) is 0 Å². The van der Waals surface area contributed by atoms with Crippen LogP contribution in [0.4, 0.5) is 0 Å². The number of hydrogen-bond donors (Lipinski definition) is 0. The molecule has 3 aliphatic rings. The number of carbonyl (C=O) groups excluding carboxylic acids is 2. The summed E-state index contributed by atoms with van der Waals surface area (Å²) in [5.74, 6) is -1.93. The van der Waals surface area contributed by atoms with Crippen molar-refractivity contribution in [2.24, 2.45) is 5.92 Å². The summed E-state index contributed by atoms with van der Waals surface area (Å²) in [6.07, 6.45) is 3.97. The van der Waals surface area contributed by atoms with Crippen LogP contribution in [0.1, 0.15) is 18.4 Å². The number of esters is 1. The molecule has 2 fully saturated rings. The van der Waals surface area contributed by atoms with Crippen molar-refractivity contribution in [3.05, 3.63) is 48.0 Å². The molecule has 0 amide bonds. The van der Waals surface area contributed by atoms with Crippen molar-refractivity contribution in [2.45, 2.75) is 37.4 Å². The topological polar surface area (TPSA) is 71.1 Å². The van der Waals surface area contributed by atoms with E-state index in [9.17, 15) is 9.59 Å². The summed E-state index contributed by atoms with van der Waals surface area (Å²) in [6.45, 7) is 1.29.